The van der Waals surface area contributed by atoms with Crippen LogP contribution in [0.3, 0.4) is 0 Å². The Morgan fingerprint density at radius 2 is 2.08 bits per heavy atom. The van der Waals surface area contributed by atoms with Crippen LogP contribution >= 0.6 is 15.9 Å². The SMILES string of the molecule is C[C@H]1CC(=O)C2=C(C1)Nc1nc(C(F)(F)F)nn1[C@@H]2c1cccc(Br)c1. The predicted molar refractivity (Wildman–Crippen MR) is 91.4 cm³/mol. The quantitative estimate of drug-likeness (QED) is 0.737. The van der Waals surface area contributed by atoms with E-state index in [0.717, 1.165) is 9.15 Å². The van der Waals surface area contributed by atoms with E-state index in [1.165, 1.54) is 0 Å². The van der Waals surface area contributed by atoms with Crippen molar-refractivity contribution in [2.75, 3.05) is 5.32 Å². The maximum Gasteiger partial charge on any atom is 0.453 e. The zero-order valence-corrected chi connectivity index (χ0v) is 15.2. The number of alkyl halides is 3. The Labute approximate surface area is 155 Å². The van der Waals surface area contributed by atoms with E-state index in [0.29, 0.717) is 29.7 Å². The van der Waals surface area contributed by atoms with Gasteiger partial charge in [0.2, 0.25) is 5.95 Å². The Kier molecular flexibility index (Phi) is 3.94. The molecule has 2 heterocycles. The maximum absolute atomic E-state index is 13.1. The summed E-state index contributed by atoms with van der Waals surface area (Å²) in [5.74, 6) is -1.18. The number of benzene rings is 1. The van der Waals surface area contributed by atoms with Gasteiger partial charge in [-0.15, -0.1) is 5.10 Å². The molecule has 0 amide bonds. The van der Waals surface area contributed by atoms with Crippen molar-refractivity contribution in [3.05, 3.63) is 51.4 Å². The zero-order chi connectivity index (χ0) is 18.6. The summed E-state index contributed by atoms with van der Waals surface area (Å²) in [5, 5.41) is 6.57. The molecule has 0 spiro atoms. The molecule has 0 saturated heterocycles. The van der Waals surface area contributed by atoms with Crippen LogP contribution in [-0.2, 0) is 11.0 Å². The average molecular weight is 427 g/mol. The normalized spacial score (nSPS) is 22.7. The van der Waals surface area contributed by atoms with E-state index >= 15 is 0 Å². The highest BCUT2D eigenvalue weighted by atomic mass is 79.9. The van der Waals surface area contributed by atoms with Crippen LogP contribution in [0.1, 0.15) is 37.2 Å². The fraction of sp³-hybridized carbons (Fsp3) is 0.353. The highest BCUT2D eigenvalue weighted by Gasteiger charge is 2.42. The number of allylic oxidation sites excluding steroid dienone is 2. The summed E-state index contributed by atoms with van der Waals surface area (Å²) >= 11 is 3.38. The number of carbonyl (C=O) groups excluding carboxylic acids is 1. The molecule has 1 N–H and O–H groups in total. The van der Waals surface area contributed by atoms with Crippen LogP contribution < -0.4 is 5.32 Å². The number of fused-ring (bicyclic) bond motifs is 1. The fourth-order valence-electron chi connectivity index (χ4n) is 3.51. The second-order valence-electron chi connectivity index (χ2n) is 6.61. The van der Waals surface area contributed by atoms with Crippen molar-refractivity contribution < 1.29 is 18.0 Å². The number of Topliss-reactive ketones (excluding diaryl/α,β-unsaturated/α-hetero) is 1. The van der Waals surface area contributed by atoms with Crippen molar-refractivity contribution in [3.63, 3.8) is 0 Å². The molecular weight excluding hydrogens is 413 g/mol. The van der Waals surface area contributed by atoms with Gasteiger partial charge in [-0.2, -0.15) is 18.2 Å². The standard InChI is InChI=1S/C17H14BrF3N4O/c1-8-5-11-13(12(26)6-8)14(9-3-2-4-10(18)7-9)25-16(22-11)23-15(24-25)17(19,20)21/h2-4,7-8,14H,5-6H2,1H3,(H,22,23,24)/t8-,14-/m1/s1. The second-order valence-corrected chi connectivity index (χ2v) is 7.53. The maximum atomic E-state index is 13.1. The van der Waals surface area contributed by atoms with Crippen LogP contribution in [0, 0.1) is 5.92 Å². The minimum atomic E-state index is -4.66. The summed E-state index contributed by atoms with van der Waals surface area (Å²) in [6, 6.07) is 6.41. The van der Waals surface area contributed by atoms with Gasteiger partial charge >= 0.3 is 6.18 Å². The number of anilines is 1. The molecule has 26 heavy (non-hydrogen) atoms. The Morgan fingerprint density at radius 3 is 2.77 bits per heavy atom. The molecule has 2 aromatic rings. The van der Waals surface area contributed by atoms with E-state index in [1.807, 2.05) is 13.0 Å². The van der Waals surface area contributed by atoms with E-state index in [1.54, 1.807) is 18.2 Å². The molecule has 0 unspecified atom stereocenters. The molecular formula is C17H14BrF3N4O. The number of hydrogen-bond acceptors (Lipinski definition) is 4. The van der Waals surface area contributed by atoms with Gasteiger partial charge < -0.3 is 5.32 Å². The topological polar surface area (TPSA) is 59.8 Å². The average Bonchev–Trinajstić information content (AvgIpc) is 2.96. The van der Waals surface area contributed by atoms with Gasteiger partial charge in [-0.3, -0.25) is 4.79 Å². The van der Waals surface area contributed by atoms with Crippen LogP contribution in [0.5, 0.6) is 0 Å². The first-order valence-electron chi connectivity index (χ1n) is 8.06. The lowest BCUT2D eigenvalue weighted by atomic mass is 9.81. The van der Waals surface area contributed by atoms with E-state index < -0.39 is 18.0 Å². The van der Waals surface area contributed by atoms with Gasteiger partial charge in [-0.25, -0.2) is 4.68 Å². The van der Waals surface area contributed by atoms with Gasteiger partial charge in [0, 0.05) is 22.2 Å². The molecule has 4 rings (SSSR count). The van der Waals surface area contributed by atoms with Crippen molar-refractivity contribution in [2.24, 2.45) is 5.92 Å². The number of rotatable bonds is 1. The number of carbonyl (C=O) groups is 1. The molecule has 9 heteroatoms. The van der Waals surface area contributed by atoms with Crippen molar-refractivity contribution >= 4 is 27.7 Å². The highest BCUT2D eigenvalue weighted by Crippen LogP contribution is 2.42. The largest absolute Gasteiger partial charge is 0.453 e. The van der Waals surface area contributed by atoms with Crippen molar-refractivity contribution in [1.29, 1.82) is 0 Å². The molecule has 136 valence electrons. The molecule has 1 aliphatic heterocycles. The summed E-state index contributed by atoms with van der Waals surface area (Å²) in [7, 11) is 0. The highest BCUT2D eigenvalue weighted by molar-refractivity contribution is 9.10. The van der Waals surface area contributed by atoms with Gasteiger partial charge in [0.15, 0.2) is 5.78 Å². The number of hydrogen-bond donors (Lipinski definition) is 1. The van der Waals surface area contributed by atoms with E-state index in [2.05, 4.69) is 31.3 Å². The van der Waals surface area contributed by atoms with Crippen LogP contribution in [0.4, 0.5) is 19.1 Å². The van der Waals surface area contributed by atoms with Gasteiger partial charge in [0.05, 0.1) is 0 Å². The van der Waals surface area contributed by atoms with Gasteiger partial charge in [-0.1, -0.05) is 35.0 Å². The first-order valence-corrected chi connectivity index (χ1v) is 8.86. The molecule has 1 aromatic carbocycles. The smallest absolute Gasteiger partial charge is 0.328 e. The van der Waals surface area contributed by atoms with Crippen molar-refractivity contribution in [2.45, 2.75) is 32.0 Å². The molecule has 5 nitrogen and oxygen atoms in total. The predicted octanol–water partition coefficient (Wildman–Crippen LogP) is 4.33. The number of aromatic nitrogens is 3. The third-order valence-corrected chi connectivity index (χ3v) is 5.04. The Hall–Kier alpha value is -2.16. The third-order valence-electron chi connectivity index (χ3n) is 4.54. The first-order chi connectivity index (χ1) is 12.2. The number of nitrogens with one attached hydrogen (secondary N) is 1. The van der Waals surface area contributed by atoms with Crippen LogP contribution in [-0.4, -0.2) is 20.5 Å². The lowest BCUT2D eigenvalue weighted by molar-refractivity contribution is -0.145. The minimum Gasteiger partial charge on any atom is -0.328 e. The zero-order valence-electron chi connectivity index (χ0n) is 13.6. The fourth-order valence-corrected chi connectivity index (χ4v) is 3.93. The number of ketones is 1. The molecule has 0 fully saturated rings. The van der Waals surface area contributed by atoms with Crippen molar-refractivity contribution in [3.8, 4) is 0 Å². The third kappa shape index (κ3) is 2.84. The van der Waals surface area contributed by atoms with Crippen LogP contribution in [0.15, 0.2) is 40.0 Å². The molecule has 2 aliphatic rings. The molecule has 0 radical (unpaired) electrons. The Bertz CT molecular complexity index is 934. The summed E-state index contributed by atoms with van der Waals surface area (Å²) in [4.78, 5) is 16.3. The monoisotopic (exact) mass is 426 g/mol. The molecule has 1 aliphatic carbocycles. The Balaban J connectivity index is 1.92. The lowest BCUT2D eigenvalue weighted by Gasteiger charge is -2.34. The number of nitrogens with zero attached hydrogens (tertiary/aromatic N) is 3. The van der Waals surface area contributed by atoms with Gasteiger partial charge in [0.25, 0.3) is 5.82 Å². The summed E-state index contributed by atoms with van der Waals surface area (Å²) in [6.07, 6.45) is -3.72. The molecule has 1 aromatic heterocycles. The van der Waals surface area contributed by atoms with Gasteiger partial charge in [0.1, 0.15) is 6.04 Å². The summed E-state index contributed by atoms with van der Waals surface area (Å²) in [5.41, 5.74) is 1.77. The van der Waals surface area contributed by atoms with E-state index in [9.17, 15) is 18.0 Å². The number of halogens is 4. The van der Waals surface area contributed by atoms with Gasteiger partial charge in [-0.05, 0) is 30.0 Å². The van der Waals surface area contributed by atoms with E-state index in [4.69, 9.17) is 0 Å². The van der Waals surface area contributed by atoms with Crippen LogP contribution in [0.2, 0.25) is 0 Å². The van der Waals surface area contributed by atoms with Crippen LogP contribution in [0.25, 0.3) is 0 Å². The lowest BCUT2D eigenvalue weighted by Crippen LogP contribution is -2.33. The molecule has 2 atom stereocenters. The first kappa shape index (κ1) is 17.3. The van der Waals surface area contributed by atoms with E-state index in [-0.39, 0.29) is 17.6 Å². The summed E-state index contributed by atoms with van der Waals surface area (Å²) in [6.45, 7) is 1.94. The second kappa shape index (κ2) is 5.94. The Morgan fingerprint density at radius 1 is 1.31 bits per heavy atom. The minimum absolute atomic E-state index is 0.00273. The molecule has 0 bridgehead atoms. The van der Waals surface area contributed by atoms with Crippen molar-refractivity contribution in [1.82, 2.24) is 14.8 Å². The summed E-state index contributed by atoms with van der Waals surface area (Å²) < 4.78 is 41.3. The molecule has 0 saturated carbocycles.